The molecule has 26 heavy (non-hydrogen) atoms. The van der Waals surface area contributed by atoms with Crippen LogP contribution in [0.15, 0.2) is 48.5 Å². The molecule has 7 heteroatoms. The van der Waals surface area contributed by atoms with Gasteiger partial charge in [0.2, 0.25) is 5.91 Å². The Hall–Kier alpha value is -2.73. The van der Waals surface area contributed by atoms with E-state index in [2.05, 4.69) is 5.32 Å². The number of methoxy groups -OCH3 is 1. The summed E-state index contributed by atoms with van der Waals surface area (Å²) >= 11 is 5.87. The van der Waals surface area contributed by atoms with Gasteiger partial charge in [-0.05, 0) is 36.4 Å². The van der Waals surface area contributed by atoms with E-state index in [0.29, 0.717) is 23.1 Å². The van der Waals surface area contributed by atoms with Gasteiger partial charge in [0.15, 0.2) is 6.61 Å². The Balaban J connectivity index is 1.51. The molecular formula is C19H19ClN2O4. The molecule has 0 spiro atoms. The van der Waals surface area contributed by atoms with E-state index in [9.17, 15) is 9.59 Å². The van der Waals surface area contributed by atoms with Gasteiger partial charge < -0.3 is 19.7 Å². The van der Waals surface area contributed by atoms with Gasteiger partial charge in [-0.1, -0.05) is 17.7 Å². The molecule has 1 fully saturated rings. The molecule has 2 amide bonds. The Labute approximate surface area is 156 Å². The monoisotopic (exact) mass is 374 g/mol. The van der Waals surface area contributed by atoms with E-state index in [1.807, 2.05) is 0 Å². The van der Waals surface area contributed by atoms with Gasteiger partial charge in [-0.15, -0.1) is 0 Å². The molecule has 0 aliphatic carbocycles. The van der Waals surface area contributed by atoms with E-state index in [-0.39, 0.29) is 30.9 Å². The van der Waals surface area contributed by atoms with Crippen LogP contribution in [-0.4, -0.2) is 38.1 Å². The Bertz CT molecular complexity index is 794. The molecule has 0 bridgehead atoms. The van der Waals surface area contributed by atoms with Gasteiger partial charge in [0.25, 0.3) is 5.91 Å². The SMILES string of the molecule is COc1cccc(OCC(=O)NC2CC(=O)N(c3ccc(Cl)cc3)C2)c1. The van der Waals surface area contributed by atoms with Crippen molar-refractivity contribution in [2.45, 2.75) is 12.5 Å². The van der Waals surface area contributed by atoms with Crippen molar-refractivity contribution in [1.29, 1.82) is 0 Å². The fourth-order valence-electron chi connectivity index (χ4n) is 2.78. The first-order valence-corrected chi connectivity index (χ1v) is 8.55. The summed E-state index contributed by atoms with van der Waals surface area (Å²) in [5.41, 5.74) is 0.767. The molecule has 1 aliphatic heterocycles. The molecule has 0 radical (unpaired) electrons. The lowest BCUT2D eigenvalue weighted by molar-refractivity contribution is -0.123. The van der Waals surface area contributed by atoms with Crippen LogP contribution in [0.1, 0.15) is 6.42 Å². The van der Waals surface area contributed by atoms with Gasteiger partial charge in [0, 0.05) is 29.7 Å². The van der Waals surface area contributed by atoms with E-state index in [1.54, 1.807) is 60.5 Å². The van der Waals surface area contributed by atoms with Gasteiger partial charge in [0.05, 0.1) is 13.2 Å². The van der Waals surface area contributed by atoms with Crippen LogP contribution in [0.2, 0.25) is 5.02 Å². The quantitative estimate of drug-likeness (QED) is 0.844. The standard InChI is InChI=1S/C19H19ClN2O4/c1-25-16-3-2-4-17(10-16)26-12-18(23)21-14-9-19(24)22(11-14)15-7-5-13(20)6-8-15/h2-8,10,14H,9,11-12H2,1H3,(H,21,23). The Morgan fingerprint density at radius 1 is 1.23 bits per heavy atom. The molecule has 1 heterocycles. The maximum absolute atomic E-state index is 12.2. The topological polar surface area (TPSA) is 67.9 Å². The molecule has 136 valence electrons. The second kappa shape index (κ2) is 8.10. The summed E-state index contributed by atoms with van der Waals surface area (Å²) in [6.07, 6.45) is 0.257. The Morgan fingerprint density at radius 3 is 2.69 bits per heavy atom. The third-order valence-corrected chi connectivity index (χ3v) is 4.29. The number of hydrogen-bond acceptors (Lipinski definition) is 4. The Kier molecular flexibility index (Phi) is 5.63. The van der Waals surface area contributed by atoms with Crippen LogP contribution in [-0.2, 0) is 9.59 Å². The summed E-state index contributed by atoms with van der Waals surface area (Å²) in [7, 11) is 1.56. The van der Waals surface area contributed by atoms with Crippen LogP contribution in [0.25, 0.3) is 0 Å². The first kappa shape index (κ1) is 18.1. The van der Waals surface area contributed by atoms with E-state index >= 15 is 0 Å². The number of carbonyl (C=O) groups excluding carboxylic acids is 2. The number of benzene rings is 2. The Morgan fingerprint density at radius 2 is 1.96 bits per heavy atom. The minimum absolute atomic E-state index is 0.0358. The maximum Gasteiger partial charge on any atom is 0.258 e. The molecular weight excluding hydrogens is 356 g/mol. The van der Waals surface area contributed by atoms with Crippen LogP contribution < -0.4 is 19.7 Å². The normalized spacial score (nSPS) is 16.5. The van der Waals surface area contributed by atoms with Crippen LogP contribution in [0.4, 0.5) is 5.69 Å². The summed E-state index contributed by atoms with van der Waals surface area (Å²) in [4.78, 5) is 25.9. The minimum Gasteiger partial charge on any atom is -0.497 e. The second-order valence-corrected chi connectivity index (χ2v) is 6.35. The predicted octanol–water partition coefficient (Wildman–Crippen LogP) is 2.65. The molecule has 1 unspecified atom stereocenters. The van der Waals surface area contributed by atoms with Crippen molar-refractivity contribution in [3.63, 3.8) is 0 Å². The second-order valence-electron chi connectivity index (χ2n) is 5.92. The molecule has 6 nitrogen and oxygen atoms in total. The van der Waals surface area contributed by atoms with Crippen molar-refractivity contribution in [2.24, 2.45) is 0 Å². The summed E-state index contributed by atoms with van der Waals surface area (Å²) in [5, 5.41) is 3.45. The number of rotatable bonds is 6. The molecule has 1 aliphatic rings. The van der Waals surface area contributed by atoms with E-state index in [4.69, 9.17) is 21.1 Å². The first-order chi connectivity index (χ1) is 12.5. The van der Waals surface area contributed by atoms with Crippen LogP contribution in [0.3, 0.4) is 0 Å². The number of nitrogens with one attached hydrogen (secondary N) is 1. The lowest BCUT2D eigenvalue weighted by Gasteiger charge is -2.17. The van der Waals surface area contributed by atoms with Crippen molar-refractivity contribution in [1.82, 2.24) is 5.32 Å². The van der Waals surface area contributed by atoms with Gasteiger partial charge in [0.1, 0.15) is 11.5 Å². The highest BCUT2D eigenvalue weighted by atomic mass is 35.5. The molecule has 3 rings (SSSR count). The highest BCUT2D eigenvalue weighted by Crippen LogP contribution is 2.23. The van der Waals surface area contributed by atoms with E-state index in [0.717, 1.165) is 5.69 Å². The fraction of sp³-hybridized carbons (Fsp3) is 0.263. The molecule has 0 aromatic heterocycles. The maximum atomic E-state index is 12.2. The van der Waals surface area contributed by atoms with Crippen molar-refractivity contribution in [2.75, 3.05) is 25.2 Å². The third kappa shape index (κ3) is 4.46. The summed E-state index contributed by atoms with van der Waals surface area (Å²) in [6, 6.07) is 13.8. The average molecular weight is 375 g/mol. The zero-order valence-electron chi connectivity index (χ0n) is 14.3. The molecule has 2 aromatic carbocycles. The zero-order valence-corrected chi connectivity index (χ0v) is 15.0. The molecule has 1 N–H and O–H groups in total. The number of ether oxygens (including phenoxy) is 2. The summed E-state index contributed by atoms with van der Waals surface area (Å²) < 4.78 is 10.6. The van der Waals surface area contributed by atoms with Crippen molar-refractivity contribution >= 4 is 29.1 Å². The van der Waals surface area contributed by atoms with Gasteiger partial charge in [-0.2, -0.15) is 0 Å². The largest absolute Gasteiger partial charge is 0.497 e. The summed E-state index contributed by atoms with van der Waals surface area (Å²) in [5.74, 6) is 0.891. The van der Waals surface area contributed by atoms with E-state index < -0.39 is 0 Å². The number of anilines is 1. The lowest BCUT2D eigenvalue weighted by atomic mass is 10.2. The van der Waals surface area contributed by atoms with Gasteiger partial charge in [-0.25, -0.2) is 0 Å². The number of hydrogen-bond donors (Lipinski definition) is 1. The van der Waals surface area contributed by atoms with Gasteiger partial charge in [-0.3, -0.25) is 9.59 Å². The van der Waals surface area contributed by atoms with Crippen molar-refractivity contribution in [3.05, 3.63) is 53.6 Å². The smallest absolute Gasteiger partial charge is 0.258 e. The number of amides is 2. The van der Waals surface area contributed by atoms with E-state index in [1.165, 1.54) is 0 Å². The van der Waals surface area contributed by atoms with Crippen molar-refractivity contribution in [3.8, 4) is 11.5 Å². The fourth-order valence-corrected chi connectivity index (χ4v) is 2.91. The predicted molar refractivity (Wildman–Crippen MR) is 98.8 cm³/mol. The number of halogens is 1. The van der Waals surface area contributed by atoms with Crippen LogP contribution in [0.5, 0.6) is 11.5 Å². The zero-order chi connectivity index (χ0) is 18.5. The number of nitrogens with zero attached hydrogens (tertiary/aromatic N) is 1. The highest BCUT2D eigenvalue weighted by molar-refractivity contribution is 6.30. The van der Waals surface area contributed by atoms with Gasteiger partial charge >= 0.3 is 0 Å². The van der Waals surface area contributed by atoms with Crippen LogP contribution in [0, 0.1) is 0 Å². The minimum atomic E-state index is -0.274. The number of carbonyl (C=O) groups is 2. The lowest BCUT2D eigenvalue weighted by Crippen LogP contribution is -2.39. The first-order valence-electron chi connectivity index (χ1n) is 8.17. The molecule has 1 atom stereocenters. The molecule has 1 saturated heterocycles. The third-order valence-electron chi connectivity index (χ3n) is 4.04. The highest BCUT2D eigenvalue weighted by Gasteiger charge is 2.31. The summed E-state index contributed by atoms with van der Waals surface area (Å²) in [6.45, 7) is 0.296. The van der Waals surface area contributed by atoms with Crippen molar-refractivity contribution < 1.29 is 19.1 Å². The molecule has 0 saturated carbocycles. The molecule has 2 aromatic rings. The average Bonchev–Trinajstić information content (AvgIpc) is 3.01. The van der Waals surface area contributed by atoms with Crippen LogP contribution >= 0.6 is 11.6 Å².